The van der Waals surface area contributed by atoms with Crippen molar-refractivity contribution in [3.05, 3.63) is 41.5 Å². The largest absolute Gasteiger partial charge is 0.482 e. The molecule has 3 N–H and O–H groups in total. The minimum atomic E-state index is -1.09. The van der Waals surface area contributed by atoms with Crippen molar-refractivity contribution in [1.82, 2.24) is 10.6 Å². The summed E-state index contributed by atoms with van der Waals surface area (Å²) in [5.74, 6) is -1.32. The van der Waals surface area contributed by atoms with Gasteiger partial charge in [0.2, 0.25) is 11.8 Å². The first-order valence-corrected chi connectivity index (χ1v) is 8.44. The van der Waals surface area contributed by atoms with Gasteiger partial charge in [0.15, 0.2) is 6.61 Å². The standard InChI is InChI=1S/C19H24N2O5/c1-4-12(2)19(8-9-19)18(25)21-16(17(24)20-3)13-6-5-7-14(10-13)26-11-15(22)23/h4-7,10,16H,8-9,11H2,1-3H3,(H,20,24)(H,21,25)(H,22,23)/b12-4+. The van der Waals surface area contributed by atoms with E-state index in [9.17, 15) is 14.4 Å². The fourth-order valence-corrected chi connectivity index (χ4v) is 2.84. The van der Waals surface area contributed by atoms with Gasteiger partial charge in [-0.3, -0.25) is 9.59 Å². The lowest BCUT2D eigenvalue weighted by Gasteiger charge is -2.22. The van der Waals surface area contributed by atoms with Crippen LogP contribution in [0.15, 0.2) is 35.9 Å². The monoisotopic (exact) mass is 360 g/mol. The van der Waals surface area contributed by atoms with Crippen LogP contribution in [0.3, 0.4) is 0 Å². The van der Waals surface area contributed by atoms with Crippen LogP contribution < -0.4 is 15.4 Å². The highest BCUT2D eigenvalue weighted by molar-refractivity contribution is 5.93. The van der Waals surface area contributed by atoms with Gasteiger partial charge in [0.1, 0.15) is 11.8 Å². The van der Waals surface area contributed by atoms with Gasteiger partial charge >= 0.3 is 5.97 Å². The minimum absolute atomic E-state index is 0.182. The molecule has 1 aromatic carbocycles. The highest BCUT2D eigenvalue weighted by Gasteiger charge is 2.51. The number of carbonyl (C=O) groups is 3. The first-order valence-electron chi connectivity index (χ1n) is 8.44. The summed E-state index contributed by atoms with van der Waals surface area (Å²) in [6.07, 6.45) is 3.44. The molecule has 140 valence electrons. The third kappa shape index (κ3) is 4.22. The van der Waals surface area contributed by atoms with Crippen LogP contribution in [0, 0.1) is 5.41 Å². The lowest BCUT2D eigenvalue weighted by Crippen LogP contribution is -2.42. The Morgan fingerprint density at radius 2 is 2.04 bits per heavy atom. The molecule has 1 unspecified atom stereocenters. The van der Waals surface area contributed by atoms with Crippen molar-refractivity contribution in [2.24, 2.45) is 5.41 Å². The Kier molecular flexibility index (Phi) is 6.02. The molecule has 7 nitrogen and oxygen atoms in total. The van der Waals surface area contributed by atoms with E-state index in [4.69, 9.17) is 9.84 Å². The molecule has 1 aliphatic rings. The topological polar surface area (TPSA) is 105 Å². The first kappa shape index (κ1) is 19.5. The van der Waals surface area contributed by atoms with E-state index in [-0.39, 0.29) is 11.8 Å². The summed E-state index contributed by atoms with van der Waals surface area (Å²) in [5.41, 5.74) is 0.983. The normalized spacial score (nSPS) is 16.3. The van der Waals surface area contributed by atoms with Crippen molar-refractivity contribution in [2.45, 2.75) is 32.7 Å². The number of nitrogens with one attached hydrogen (secondary N) is 2. The van der Waals surface area contributed by atoms with Gasteiger partial charge in [0.05, 0.1) is 5.41 Å². The van der Waals surface area contributed by atoms with Crippen LogP contribution >= 0.6 is 0 Å². The second-order valence-electron chi connectivity index (χ2n) is 6.33. The molecule has 7 heteroatoms. The fourth-order valence-electron chi connectivity index (χ4n) is 2.84. The Hall–Kier alpha value is -2.83. The van der Waals surface area contributed by atoms with E-state index >= 15 is 0 Å². The molecule has 1 fully saturated rings. The molecule has 0 spiro atoms. The van der Waals surface area contributed by atoms with E-state index in [2.05, 4.69) is 10.6 Å². The quantitative estimate of drug-likeness (QED) is 0.613. The number of ether oxygens (including phenoxy) is 1. The molecule has 1 aliphatic carbocycles. The molecule has 2 amide bonds. The number of carboxylic acid groups (broad SMARTS) is 1. The Morgan fingerprint density at radius 3 is 2.58 bits per heavy atom. The van der Waals surface area contributed by atoms with Crippen LogP contribution in [-0.4, -0.2) is 36.5 Å². The lowest BCUT2D eigenvalue weighted by atomic mass is 9.94. The maximum absolute atomic E-state index is 12.8. The predicted molar refractivity (Wildman–Crippen MR) is 95.6 cm³/mol. The Morgan fingerprint density at radius 1 is 1.35 bits per heavy atom. The maximum Gasteiger partial charge on any atom is 0.341 e. The van der Waals surface area contributed by atoms with Crippen LogP contribution in [0.5, 0.6) is 5.75 Å². The highest BCUT2D eigenvalue weighted by Crippen LogP contribution is 2.52. The summed E-state index contributed by atoms with van der Waals surface area (Å²) in [6, 6.07) is 5.62. The lowest BCUT2D eigenvalue weighted by molar-refractivity contribution is -0.139. The summed E-state index contributed by atoms with van der Waals surface area (Å²) in [4.78, 5) is 35.8. The first-order chi connectivity index (χ1) is 12.3. The molecule has 0 saturated heterocycles. The number of hydrogen-bond donors (Lipinski definition) is 3. The summed E-state index contributed by atoms with van der Waals surface area (Å²) < 4.78 is 5.16. The van der Waals surface area contributed by atoms with Crippen molar-refractivity contribution < 1.29 is 24.2 Å². The predicted octanol–water partition coefficient (Wildman–Crippen LogP) is 1.80. The van der Waals surface area contributed by atoms with E-state index in [1.165, 1.54) is 7.05 Å². The number of benzene rings is 1. The number of carboxylic acids is 1. The molecular formula is C19H24N2O5. The maximum atomic E-state index is 12.8. The Labute approximate surface area is 152 Å². The van der Waals surface area contributed by atoms with Crippen molar-refractivity contribution in [2.75, 3.05) is 13.7 Å². The van der Waals surface area contributed by atoms with Gasteiger partial charge in [-0.2, -0.15) is 0 Å². The molecule has 0 heterocycles. The van der Waals surface area contributed by atoms with Crippen molar-refractivity contribution in [1.29, 1.82) is 0 Å². The van der Waals surface area contributed by atoms with Crippen LogP contribution in [0.1, 0.15) is 38.3 Å². The molecule has 1 atom stereocenters. The molecule has 0 radical (unpaired) electrons. The van der Waals surface area contributed by atoms with E-state index in [1.54, 1.807) is 24.3 Å². The number of likely N-dealkylation sites (N-methyl/N-ethyl adjacent to an activating group) is 1. The molecule has 0 aliphatic heterocycles. The van der Waals surface area contributed by atoms with E-state index < -0.39 is 24.0 Å². The average molecular weight is 360 g/mol. The van der Waals surface area contributed by atoms with Crippen LogP contribution in [0.25, 0.3) is 0 Å². The second kappa shape index (κ2) is 8.03. The fraction of sp³-hybridized carbons (Fsp3) is 0.421. The summed E-state index contributed by atoms with van der Waals surface area (Å²) in [6.45, 7) is 3.33. The van der Waals surface area contributed by atoms with Gasteiger partial charge in [-0.05, 0) is 44.4 Å². The van der Waals surface area contributed by atoms with Crippen molar-refractivity contribution >= 4 is 17.8 Å². The highest BCUT2D eigenvalue weighted by atomic mass is 16.5. The summed E-state index contributed by atoms with van der Waals surface area (Å²) >= 11 is 0. The molecule has 0 bridgehead atoms. The number of carbonyl (C=O) groups excluding carboxylic acids is 2. The number of aliphatic carboxylic acids is 1. The third-order valence-corrected chi connectivity index (χ3v) is 4.71. The van der Waals surface area contributed by atoms with E-state index in [0.29, 0.717) is 11.3 Å². The number of allylic oxidation sites excluding steroid dienone is 1. The van der Waals surface area contributed by atoms with Crippen molar-refractivity contribution in [3.63, 3.8) is 0 Å². The van der Waals surface area contributed by atoms with Gasteiger partial charge in [0, 0.05) is 7.05 Å². The molecule has 1 aromatic rings. The van der Waals surface area contributed by atoms with Crippen LogP contribution in [0.4, 0.5) is 0 Å². The zero-order valence-corrected chi connectivity index (χ0v) is 15.2. The minimum Gasteiger partial charge on any atom is -0.482 e. The van der Waals surface area contributed by atoms with Gasteiger partial charge < -0.3 is 20.5 Å². The SMILES string of the molecule is C/C=C(\C)C1(C(=O)NC(C(=O)NC)c2cccc(OCC(=O)O)c2)CC1. The van der Waals surface area contributed by atoms with Crippen LogP contribution in [-0.2, 0) is 14.4 Å². The van der Waals surface area contributed by atoms with Crippen molar-refractivity contribution in [3.8, 4) is 5.75 Å². The third-order valence-electron chi connectivity index (χ3n) is 4.71. The number of hydrogen-bond acceptors (Lipinski definition) is 4. The molecule has 1 saturated carbocycles. The van der Waals surface area contributed by atoms with Crippen LogP contribution in [0.2, 0.25) is 0 Å². The number of amides is 2. The molecule has 26 heavy (non-hydrogen) atoms. The average Bonchev–Trinajstić information content (AvgIpc) is 3.45. The van der Waals surface area contributed by atoms with E-state index in [1.807, 2.05) is 19.9 Å². The van der Waals surface area contributed by atoms with Gasteiger partial charge in [0.25, 0.3) is 0 Å². The van der Waals surface area contributed by atoms with Gasteiger partial charge in [-0.15, -0.1) is 0 Å². The summed E-state index contributed by atoms with van der Waals surface area (Å²) in [5, 5.41) is 14.1. The summed E-state index contributed by atoms with van der Waals surface area (Å²) in [7, 11) is 1.50. The Bertz CT molecular complexity index is 737. The van der Waals surface area contributed by atoms with Gasteiger partial charge in [-0.1, -0.05) is 23.8 Å². The van der Waals surface area contributed by atoms with E-state index in [0.717, 1.165) is 18.4 Å². The molecule has 0 aromatic heterocycles. The van der Waals surface area contributed by atoms with Gasteiger partial charge in [-0.25, -0.2) is 4.79 Å². The zero-order valence-electron chi connectivity index (χ0n) is 15.2. The second-order valence-corrected chi connectivity index (χ2v) is 6.33. The smallest absolute Gasteiger partial charge is 0.341 e. The molecular weight excluding hydrogens is 336 g/mol. The number of rotatable bonds is 8. The molecule has 2 rings (SSSR count). The Balaban J connectivity index is 2.23. The zero-order chi connectivity index (χ0) is 19.3.